The van der Waals surface area contributed by atoms with Crippen LogP contribution in [0.4, 0.5) is 8.78 Å². The monoisotopic (exact) mass is 387 g/mol. The number of aromatic amines is 1. The smallest absolute Gasteiger partial charge is 0.253 e. The number of carbonyl (C=O) groups is 1. The van der Waals surface area contributed by atoms with E-state index >= 15 is 0 Å². The summed E-state index contributed by atoms with van der Waals surface area (Å²) in [6.07, 6.45) is 0.325. The van der Waals surface area contributed by atoms with Gasteiger partial charge >= 0.3 is 0 Å². The Kier molecular flexibility index (Phi) is 4.21. The van der Waals surface area contributed by atoms with Crippen molar-refractivity contribution in [3.8, 4) is 11.5 Å². The highest BCUT2D eigenvalue weighted by molar-refractivity contribution is 6.01. The SMILES string of the molecule is Cc1nc2c(O)c([C@H]3CCOc4cc(F)cc(F)c43)c(C(=O)N(C)C)cc2[nH]1. The number of imidazole rings is 1. The predicted molar refractivity (Wildman–Crippen MR) is 98.8 cm³/mol. The molecule has 0 aliphatic carbocycles. The van der Waals surface area contributed by atoms with Gasteiger partial charge in [-0.2, -0.15) is 0 Å². The van der Waals surface area contributed by atoms with Crippen molar-refractivity contribution < 1.29 is 23.4 Å². The molecule has 1 aliphatic heterocycles. The van der Waals surface area contributed by atoms with E-state index in [4.69, 9.17) is 4.74 Å². The molecular formula is C20H19F2N3O3. The minimum Gasteiger partial charge on any atom is -0.505 e. The summed E-state index contributed by atoms with van der Waals surface area (Å²) >= 11 is 0. The molecule has 1 amide bonds. The maximum Gasteiger partial charge on any atom is 0.253 e. The van der Waals surface area contributed by atoms with Crippen LogP contribution in [0.5, 0.6) is 11.5 Å². The number of hydrogen-bond acceptors (Lipinski definition) is 4. The molecule has 0 fully saturated rings. The lowest BCUT2D eigenvalue weighted by molar-refractivity contribution is 0.0825. The van der Waals surface area contributed by atoms with Crippen LogP contribution in [0.2, 0.25) is 0 Å². The molecule has 2 N–H and O–H groups in total. The number of aryl methyl sites for hydroxylation is 1. The van der Waals surface area contributed by atoms with Crippen LogP contribution in [-0.4, -0.2) is 46.6 Å². The van der Waals surface area contributed by atoms with Crippen molar-refractivity contribution in [1.29, 1.82) is 0 Å². The van der Waals surface area contributed by atoms with Gasteiger partial charge in [0.05, 0.1) is 12.1 Å². The Morgan fingerprint density at radius 1 is 1.29 bits per heavy atom. The number of aromatic hydroxyl groups is 1. The van der Waals surface area contributed by atoms with Gasteiger partial charge in [-0.25, -0.2) is 13.8 Å². The van der Waals surface area contributed by atoms with Crippen LogP contribution in [0.3, 0.4) is 0 Å². The Morgan fingerprint density at radius 3 is 2.75 bits per heavy atom. The molecule has 0 saturated heterocycles. The Hall–Kier alpha value is -3.16. The number of rotatable bonds is 2. The lowest BCUT2D eigenvalue weighted by Crippen LogP contribution is -2.25. The van der Waals surface area contributed by atoms with Crippen LogP contribution < -0.4 is 4.74 Å². The zero-order valence-electron chi connectivity index (χ0n) is 15.6. The number of ether oxygens (including phenoxy) is 1. The van der Waals surface area contributed by atoms with Crippen molar-refractivity contribution in [2.24, 2.45) is 0 Å². The van der Waals surface area contributed by atoms with E-state index in [1.165, 1.54) is 4.90 Å². The molecule has 6 nitrogen and oxygen atoms in total. The number of fused-ring (bicyclic) bond motifs is 2. The standard InChI is InChI=1S/C20H19F2N3O3/c1-9-23-14-8-12(20(27)25(2)3)16(19(26)18(14)24-9)11-4-5-28-15-7-10(21)6-13(22)17(11)15/h6-8,11,26H,4-5H2,1-3H3,(H,23,24)/t11-/m1/s1. The lowest BCUT2D eigenvalue weighted by atomic mass is 9.82. The molecule has 1 aromatic heterocycles. The van der Waals surface area contributed by atoms with E-state index in [9.17, 15) is 18.7 Å². The fourth-order valence-electron chi connectivity index (χ4n) is 3.78. The van der Waals surface area contributed by atoms with Crippen LogP contribution in [-0.2, 0) is 0 Å². The maximum absolute atomic E-state index is 14.7. The fraction of sp³-hybridized carbons (Fsp3) is 0.300. The van der Waals surface area contributed by atoms with Crippen LogP contribution in [0.1, 0.15) is 39.6 Å². The summed E-state index contributed by atoms with van der Waals surface area (Å²) in [6, 6.07) is 3.51. The molecular weight excluding hydrogens is 368 g/mol. The summed E-state index contributed by atoms with van der Waals surface area (Å²) in [5.74, 6) is -2.07. The summed E-state index contributed by atoms with van der Waals surface area (Å²) in [7, 11) is 3.19. The Balaban J connectivity index is 2.03. The average molecular weight is 387 g/mol. The second-order valence-corrected chi connectivity index (χ2v) is 7.09. The first-order valence-electron chi connectivity index (χ1n) is 8.83. The number of carbonyl (C=O) groups excluding carboxylic acids is 1. The van der Waals surface area contributed by atoms with Gasteiger partial charge < -0.3 is 19.7 Å². The highest BCUT2D eigenvalue weighted by Gasteiger charge is 2.34. The molecule has 2 aromatic carbocycles. The number of halogens is 2. The van der Waals surface area contributed by atoms with Gasteiger partial charge in [-0.05, 0) is 19.4 Å². The topological polar surface area (TPSA) is 78.5 Å². The second-order valence-electron chi connectivity index (χ2n) is 7.09. The van der Waals surface area contributed by atoms with Gasteiger partial charge in [0.2, 0.25) is 0 Å². The van der Waals surface area contributed by atoms with Crippen LogP contribution in [0, 0.1) is 18.6 Å². The number of phenolic OH excluding ortho intramolecular Hbond substituents is 1. The van der Waals surface area contributed by atoms with Crippen molar-refractivity contribution in [2.45, 2.75) is 19.3 Å². The molecule has 0 saturated carbocycles. The quantitative estimate of drug-likeness (QED) is 0.706. The second kappa shape index (κ2) is 6.47. The minimum absolute atomic E-state index is 0.0784. The first-order chi connectivity index (χ1) is 13.3. The molecule has 146 valence electrons. The van der Waals surface area contributed by atoms with E-state index < -0.39 is 17.6 Å². The van der Waals surface area contributed by atoms with E-state index in [2.05, 4.69) is 9.97 Å². The van der Waals surface area contributed by atoms with Crippen LogP contribution in [0.15, 0.2) is 18.2 Å². The molecule has 8 heteroatoms. The van der Waals surface area contributed by atoms with E-state index in [-0.39, 0.29) is 40.7 Å². The number of benzene rings is 2. The Bertz CT molecular complexity index is 1110. The van der Waals surface area contributed by atoms with Gasteiger partial charge in [0.15, 0.2) is 0 Å². The Labute approximate surface area is 159 Å². The third-order valence-electron chi connectivity index (χ3n) is 4.96. The summed E-state index contributed by atoms with van der Waals surface area (Å²) in [5.41, 5.74) is 1.45. The Morgan fingerprint density at radius 2 is 2.04 bits per heavy atom. The number of hydrogen-bond donors (Lipinski definition) is 2. The summed E-state index contributed by atoms with van der Waals surface area (Å²) in [4.78, 5) is 21.5. The van der Waals surface area contributed by atoms with E-state index in [1.807, 2.05) is 0 Å². The molecule has 2 heterocycles. The number of H-pyrrole nitrogens is 1. The highest BCUT2D eigenvalue weighted by Crippen LogP contribution is 2.46. The van der Waals surface area contributed by atoms with Crippen molar-refractivity contribution in [2.75, 3.05) is 20.7 Å². The molecule has 0 radical (unpaired) electrons. The number of phenols is 1. The van der Waals surface area contributed by atoms with Crippen molar-refractivity contribution in [3.63, 3.8) is 0 Å². The molecule has 1 aliphatic rings. The van der Waals surface area contributed by atoms with E-state index in [0.29, 0.717) is 23.3 Å². The van der Waals surface area contributed by atoms with Gasteiger partial charge in [0.1, 0.15) is 34.5 Å². The van der Waals surface area contributed by atoms with Gasteiger partial charge in [-0.1, -0.05) is 0 Å². The summed E-state index contributed by atoms with van der Waals surface area (Å²) < 4.78 is 33.8. The van der Waals surface area contributed by atoms with Gasteiger partial charge in [-0.3, -0.25) is 4.79 Å². The fourth-order valence-corrected chi connectivity index (χ4v) is 3.78. The lowest BCUT2D eigenvalue weighted by Gasteiger charge is -2.29. The predicted octanol–water partition coefficient (Wildman–Crippen LogP) is 3.47. The first-order valence-corrected chi connectivity index (χ1v) is 8.83. The first kappa shape index (κ1) is 18.2. The van der Waals surface area contributed by atoms with E-state index in [1.54, 1.807) is 27.1 Å². The van der Waals surface area contributed by atoms with Gasteiger partial charge in [0, 0.05) is 48.8 Å². The molecule has 3 aromatic rings. The highest BCUT2D eigenvalue weighted by atomic mass is 19.1. The minimum atomic E-state index is -0.777. The third-order valence-corrected chi connectivity index (χ3v) is 4.96. The zero-order chi connectivity index (χ0) is 20.2. The summed E-state index contributed by atoms with van der Waals surface area (Å²) in [6.45, 7) is 1.94. The van der Waals surface area contributed by atoms with Crippen LogP contribution in [0.25, 0.3) is 11.0 Å². The third kappa shape index (κ3) is 2.76. The molecule has 0 spiro atoms. The largest absolute Gasteiger partial charge is 0.505 e. The number of amides is 1. The van der Waals surface area contributed by atoms with Gasteiger partial charge in [0.25, 0.3) is 5.91 Å². The molecule has 28 heavy (non-hydrogen) atoms. The van der Waals surface area contributed by atoms with Crippen LogP contribution >= 0.6 is 0 Å². The summed E-state index contributed by atoms with van der Waals surface area (Å²) in [5, 5.41) is 11.0. The maximum atomic E-state index is 14.7. The molecule has 0 unspecified atom stereocenters. The molecule has 4 rings (SSSR count). The van der Waals surface area contributed by atoms with E-state index in [0.717, 1.165) is 12.1 Å². The van der Waals surface area contributed by atoms with Crippen molar-refractivity contribution in [3.05, 3.63) is 52.3 Å². The molecule has 0 bridgehead atoms. The number of aromatic nitrogens is 2. The van der Waals surface area contributed by atoms with Gasteiger partial charge in [-0.15, -0.1) is 0 Å². The molecule has 1 atom stereocenters. The zero-order valence-corrected chi connectivity index (χ0v) is 15.6. The average Bonchev–Trinajstić information content (AvgIpc) is 3.01. The number of nitrogens with one attached hydrogen (secondary N) is 1. The number of nitrogens with zero attached hydrogens (tertiary/aromatic N) is 2. The van der Waals surface area contributed by atoms with Crippen molar-refractivity contribution in [1.82, 2.24) is 14.9 Å². The normalized spacial score (nSPS) is 16.0. The van der Waals surface area contributed by atoms with Crippen molar-refractivity contribution >= 4 is 16.9 Å².